The zero-order valence-corrected chi connectivity index (χ0v) is 17.1. The van der Waals surface area contributed by atoms with E-state index in [1.54, 1.807) is 6.07 Å². The first-order valence-electron chi connectivity index (χ1n) is 9.93. The van der Waals surface area contributed by atoms with Crippen LogP contribution >= 0.6 is 11.6 Å². The number of aryl methyl sites for hydroxylation is 1. The van der Waals surface area contributed by atoms with Crippen molar-refractivity contribution in [2.45, 2.75) is 57.5 Å². The van der Waals surface area contributed by atoms with E-state index in [-0.39, 0.29) is 0 Å². The highest BCUT2D eigenvalue weighted by atomic mass is 35.5. The highest BCUT2D eigenvalue weighted by molar-refractivity contribution is 6.31. The average Bonchev–Trinajstić information content (AvgIpc) is 3.59. The first-order valence-corrected chi connectivity index (χ1v) is 10.3. The van der Waals surface area contributed by atoms with E-state index in [4.69, 9.17) is 21.1 Å². The van der Waals surface area contributed by atoms with E-state index in [2.05, 4.69) is 23.8 Å². The zero-order chi connectivity index (χ0) is 19.7. The maximum atomic E-state index is 11.7. The van der Waals surface area contributed by atoms with Crippen molar-refractivity contribution in [2.75, 3.05) is 7.11 Å². The van der Waals surface area contributed by atoms with Gasteiger partial charge in [-0.05, 0) is 72.8 Å². The molecule has 0 heterocycles. The van der Waals surface area contributed by atoms with Gasteiger partial charge in [0, 0.05) is 10.6 Å². The normalized spacial score (nSPS) is 16.0. The molecule has 0 spiro atoms. The molecule has 2 aromatic carbocycles. The average molecular weight is 401 g/mol. The molecule has 0 N–H and O–H groups in total. The van der Waals surface area contributed by atoms with E-state index in [0.29, 0.717) is 24.2 Å². The van der Waals surface area contributed by atoms with Crippen LogP contribution in [0.2, 0.25) is 5.02 Å². The Morgan fingerprint density at radius 1 is 1.07 bits per heavy atom. The lowest BCUT2D eigenvalue weighted by Gasteiger charge is -2.17. The number of hydrogen-bond acceptors (Lipinski definition) is 4. The molecule has 0 unspecified atom stereocenters. The van der Waals surface area contributed by atoms with Crippen molar-refractivity contribution in [3.05, 3.63) is 57.6 Å². The van der Waals surface area contributed by atoms with Crippen molar-refractivity contribution in [1.82, 2.24) is 0 Å². The molecule has 2 aliphatic carbocycles. The van der Waals surface area contributed by atoms with E-state index in [9.17, 15) is 4.79 Å². The summed E-state index contributed by atoms with van der Waals surface area (Å²) in [6, 6.07) is 9.92. The molecule has 0 amide bonds. The lowest BCUT2D eigenvalue weighted by atomic mass is 10.0. The smallest absolute Gasteiger partial charge is 0.488 e. The predicted octanol–water partition coefficient (Wildman–Crippen LogP) is 6.38. The Hall–Kier alpha value is -2.20. The number of benzene rings is 2. The Morgan fingerprint density at radius 2 is 1.79 bits per heavy atom. The molecule has 2 fully saturated rings. The van der Waals surface area contributed by atoms with Gasteiger partial charge in [0.05, 0.1) is 7.11 Å². The van der Waals surface area contributed by atoms with Crippen LogP contribution in [0.1, 0.15) is 66.7 Å². The maximum Gasteiger partial charge on any atom is 0.513 e. The number of carbonyl (C=O) groups excluding carboxylic acids is 1. The largest absolute Gasteiger partial charge is 0.513 e. The standard InChI is InChI=1S/C23H25ClO4/c1-3-14-11-18(16-9-10-16)22(12-20(14)24)27-13-19-17(15-7-8-15)5-4-6-21(19)28-23(25)26-2/h4-6,11-12,15-16H,3,7-10,13H2,1-2H3. The summed E-state index contributed by atoms with van der Waals surface area (Å²) in [6.45, 7) is 2.45. The van der Waals surface area contributed by atoms with Gasteiger partial charge >= 0.3 is 6.16 Å². The molecule has 4 nitrogen and oxygen atoms in total. The number of ether oxygens (including phenoxy) is 3. The molecular weight excluding hydrogens is 376 g/mol. The highest BCUT2D eigenvalue weighted by Crippen LogP contribution is 2.47. The van der Waals surface area contributed by atoms with Crippen LogP contribution in [-0.2, 0) is 17.8 Å². The summed E-state index contributed by atoms with van der Waals surface area (Å²) >= 11 is 6.45. The first-order chi connectivity index (χ1) is 13.6. The van der Waals surface area contributed by atoms with Crippen molar-refractivity contribution < 1.29 is 19.0 Å². The molecule has 0 saturated heterocycles. The summed E-state index contributed by atoms with van der Waals surface area (Å²) in [4.78, 5) is 11.7. The molecule has 0 radical (unpaired) electrons. The van der Waals surface area contributed by atoms with Gasteiger partial charge in [-0.2, -0.15) is 0 Å². The molecule has 0 aliphatic heterocycles. The second kappa shape index (κ2) is 8.04. The first kappa shape index (κ1) is 19.1. The number of carbonyl (C=O) groups is 1. The lowest BCUT2D eigenvalue weighted by Crippen LogP contribution is -2.11. The third kappa shape index (κ3) is 4.12. The van der Waals surface area contributed by atoms with Gasteiger partial charge in [-0.15, -0.1) is 0 Å². The minimum atomic E-state index is -0.719. The van der Waals surface area contributed by atoms with Crippen LogP contribution < -0.4 is 9.47 Å². The van der Waals surface area contributed by atoms with E-state index < -0.39 is 6.16 Å². The second-order valence-corrected chi connectivity index (χ2v) is 7.96. The van der Waals surface area contributed by atoms with E-state index in [1.807, 2.05) is 12.1 Å². The fraction of sp³-hybridized carbons (Fsp3) is 0.435. The van der Waals surface area contributed by atoms with Crippen LogP contribution in [0.3, 0.4) is 0 Å². The number of rotatable bonds is 7. The zero-order valence-electron chi connectivity index (χ0n) is 16.3. The fourth-order valence-electron chi connectivity index (χ4n) is 3.62. The predicted molar refractivity (Wildman–Crippen MR) is 109 cm³/mol. The minimum Gasteiger partial charge on any atom is -0.488 e. The van der Waals surface area contributed by atoms with Gasteiger partial charge in [0.1, 0.15) is 18.1 Å². The SMILES string of the molecule is CCc1cc(C2CC2)c(OCc2c(OC(=O)OC)cccc2C2CC2)cc1Cl. The van der Waals surface area contributed by atoms with Gasteiger partial charge in [-0.3, -0.25) is 0 Å². The van der Waals surface area contributed by atoms with E-state index >= 15 is 0 Å². The molecule has 0 bridgehead atoms. The summed E-state index contributed by atoms with van der Waals surface area (Å²) in [5.74, 6) is 2.40. The summed E-state index contributed by atoms with van der Waals surface area (Å²) in [5.41, 5.74) is 4.49. The molecule has 4 rings (SSSR count). The van der Waals surface area contributed by atoms with E-state index in [1.165, 1.54) is 31.1 Å². The number of hydrogen-bond donors (Lipinski definition) is 0. The summed E-state index contributed by atoms with van der Waals surface area (Å²) in [6.07, 6.45) is 4.87. The lowest BCUT2D eigenvalue weighted by molar-refractivity contribution is 0.120. The van der Waals surface area contributed by atoms with Crippen LogP contribution in [0.4, 0.5) is 4.79 Å². The number of methoxy groups -OCH3 is 1. The van der Waals surface area contributed by atoms with Gasteiger partial charge in [-0.25, -0.2) is 4.79 Å². The molecule has 5 heteroatoms. The molecule has 148 valence electrons. The van der Waals surface area contributed by atoms with Gasteiger partial charge in [0.15, 0.2) is 0 Å². The molecule has 0 atom stereocenters. The van der Waals surface area contributed by atoms with Crippen molar-refractivity contribution in [3.63, 3.8) is 0 Å². The molecule has 2 saturated carbocycles. The van der Waals surface area contributed by atoms with Crippen molar-refractivity contribution in [3.8, 4) is 11.5 Å². The molecule has 0 aromatic heterocycles. The van der Waals surface area contributed by atoms with Crippen molar-refractivity contribution in [2.24, 2.45) is 0 Å². The van der Waals surface area contributed by atoms with Crippen molar-refractivity contribution in [1.29, 1.82) is 0 Å². The Labute approximate surface area is 170 Å². The van der Waals surface area contributed by atoms with Crippen LogP contribution in [0, 0.1) is 0 Å². The van der Waals surface area contributed by atoms with Crippen molar-refractivity contribution >= 4 is 17.8 Å². The monoisotopic (exact) mass is 400 g/mol. The quantitative estimate of drug-likeness (QED) is 0.399. The molecule has 2 aromatic rings. The summed E-state index contributed by atoms with van der Waals surface area (Å²) in [5, 5.41) is 0.739. The molecule has 28 heavy (non-hydrogen) atoms. The third-order valence-corrected chi connectivity index (χ3v) is 5.85. The van der Waals surface area contributed by atoms with Gasteiger partial charge in [-0.1, -0.05) is 36.7 Å². The number of halogens is 1. The molecular formula is C23H25ClO4. The third-order valence-electron chi connectivity index (χ3n) is 5.50. The Bertz CT molecular complexity index is 884. The topological polar surface area (TPSA) is 44.8 Å². The van der Waals surface area contributed by atoms with Gasteiger partial charge in [0.25, 0.3) is 0 Å². The van der Waals surface area contributed by atoms with E-state index in [0.717, 1.165) is 41.2 Å². The molecule has 2 aliphatic rings. The van der Waals surface area contributed by atoms with Crippen LogP contribution in [0.25, 0.3) is 0 Å². The maximum absolute atomic E-state index is 11.7. The highest BCUT2D eigenvalue weighted by Gasteiger charge is 2.30. The van der Waals surface area contributed by atoms with Crippen LogP contribution in [0.5, 0.6) is 11.5 Å². The Kier molecular flexibility index (Phi) is 5.49. The Morgan fingerprint density at radius 3 is 2.43 bits per heavy atom. The summed E-state index contributed by atoms with van der Waals surface area (Å²) < 4.78 is 16.3. The Balaban J connectivity index is 1.63. The van der Waals surface area contributed by atoms with Crippen LogP contribution in [0.15, 0.2) is 30.3 Å². The van der Waals surface area contributed by atoms with Gasteiger partial charge in [0.2, 0.25) is 0 Å². The van der Waals surface area contributed by atoms with Gasteiger partial charge < -0.3 is 14.2 Å². The minimum absolute atomic E-state index is 0.334. The second-order valence-electron chi connectivity index (χ2n) is 7.55. The summed E-state index contributed by atoms with van der Waals surface area (Å²) in [7, 11) is 1.31. The fourth-order valence-corrected chi connectivity index (χ4v) is 3.91. The van der Waals surface area contributed by atoms with Crippen LogP contribution in [-0.4, -0.2) is 13.3 Å².